The van der Waals surface area contributed by atoms with E-state index in [0.717, 1.165) is 25.1 Å². The zero-order chi connectivity index (χ0) is 12.1. The molecule has 2 unspecified atom stereocenters. The minimum Gasteiger partial charge on any atom is -0.383 e. The lowest BCUT2D eigenvalue weighted by Gasteiger charge is -2.38. The van der Waals surface area contributed by atoms with Crippen molar-refractivity contribution in [2.75, 3.05) is 33.4 Å². The van der Waals surface area contributed by atoms with Gasteiger partial charge in [-0.2, -0.15) is 0 Å². The second-order valence-electron chi connectivity index (χ2n) is 5.70. The van der Waals surface area contributed by atoms with Gasteiger partial charge in [0, 0.05) is 32.3 Å². The molecule has 0 amide bonds. The summed E-state index contributed by atoms with van der Waals surface area (Å²) in [5.74, 6) is 0.907. The minimum atomic E-state index is 0.579. The molecule has 1 aliphatic carbocycles. The highest BCUT2D eigenvalue weighted by Gasteiger charge is 2.27. The molecule has 3 heteroatoms. The van der Waals surface area contributed by atoms with Gasteiger partial charge in [0.15, 0.2) is 0 Å². The third kappa shape index (κ3) is 4.23. The molecule has 1 heterocycles. The molecule has 1 N–H and O–H groups in total. The molecule has 0 aromatic heterocycles. The highest BCUT2D eigenvalue weighted by Crippen LogP contribution is 2.22. The van der Waals surface area contributed by atoms with Gasteiger partial charge in [-0.1, -0.05) is 13.3 Å². The topological polar surface area (TPSA) is 24.5 Å². The second kappa shape index (κ2) is 6.72. The predicted octanol–water partition coefficient (Wildman–Crippen LogP) is 1.88. The smallest absolute Gasteiger partial charge is 0.0630 e. The van der Waals surface area contributed by atoms with Crippen LogP contribution in [0.5, 0.6) is 0 Å². The standard InChI is InChI=1S/C14H28N2O/c1-3-12-5-4-8-16(10-12)14(11-17-2)9-15-13-6-7-13/h12-15H,3-11H2,1-2H3. The van der Waals surface area contributed by atoms with Crippen molar-refractivity contribution in [3.05, 3.63) is 0 Å². The monoisotopic (exact) mass is 240 g/mol. The fourth-order valence-electron chi connectivity index (χ4n) is 2.84. The van der Waals surface area contributed by atoms with Gasteiger partial charge >= 0.3 is 0 Å². The van der Waals surface area contributed by atoms with Crippen molar-refractivity contribution in [2.24, 2.45) is 5.92 Å². The van der Waals surface area contributed by atoms with E-state index in [2.05, 4.69) is 17.1 Å². The largest absolute Gasteiger partial charge is 0.383 e. The van der Waals surface area contributed by atoms with Crippen LogP contribution in [0.15, 0.2) is 0 Å². The molecule has 0 aromatic rings. The highest BCUT2D eigenvalue weighted by atomic mass is 16.5. The van der Waals surface area contributed by atoms with Gasteiger partial charge in [-0.3, -0.25) is 4.90 Å². The van der Waals surface area contributed by atoms with E-state index in [4.69, 9.17) is 4.74 Å². The van der Waals surface area contributed by atoms with Crippen LogP contribution in [0.3, 0.4) is 0 Å². The summed E-state index contributed by atoms with van der Waals surface area (Å²) < 4.78 is 5.40. The molecule has 2 rings (SSSR count). The Morgan fingerprint density at radius 2 is 2.18 bits per heavy atom. The predicted molar refractivity (Wildman–Crippen MR) is 71.3 cm³/mol. The quantitative estimate of drug-likeness (QED) is 0.735. The Kier molecular flexibility index (Phi) is 5.26. The lowest BCUT2D eigenvalue weighted by Crippen LogP contribution is -2.49. The summed E-state index contributed by atoms with van der Waals surface area (Å²) in [6, 6.07) is 1.39. The van der Waals surface area contributed by atoms with Gasteiger partial charge in [0.1, 0.15) is 0 Å². The molecule has 1 saturated carbocycles. The molecule has 1 aliphatic heterocycles. The molecule has 17 heavy (non-hydrogen) atoms. The van der Waals surface area contributed by atoms with Crippen LogP contribution < -0.4 is 5.32 Å². The van der Waals surface area contributed by atoms with E-state index in [0.29, 0.717) is 6.04 Å². The highest BCUT2D eigenvalue weighted by molar-refractivity contribution is 4.86. The van der Waals surface area contributed by atoms with Gasteiger partial charge in [0.2, 0.25) is 0 Å². The molecule has 2 atom stereocenters. The number of likely N-dealkylation sites (tertiary alicyclic amines) is 1. The number of methoxy groups -OCH3 is 1. The molecule has 2 aliphatic rings. The van der Waals surface area contributed by atoms with Gasteiger partial charge in [0.05, 0.1) is 6.61 Å². The Balaban J connectivity index is 1.79. The maximum Gasteiger partial charge on any atom is 0.0630 e. The number of rotatable bonds is 7. The molecule has 0 aromatic carbocycles. The van der Waals surface area contributed by atoms with Crippen molar-refractivity contribution in [3.63, 3.8) is 0 Å². The maximum atomic E-state index is 5.40. The summed E-state index contributed by atoms with van der Waals surface area (Å²) in [5, 5.41) is 3.65. The summed E-state index contributed by atoms with van der Waals surface area (Å²) in [4.78, 5) is 2.65. The number of nitrogens with zero attached hydrogens (tertiary/aromatic N) is 1. The summed E-state index contributed by atoms with van der Waals surface area (Å²) in [6.45, 7) is 6.83. The molecule has 1 saturated heterocycles. The summed E-state index contributed by atoms with van der Waals surface area (Å²) in [7, 11) is 1.82. The molecular formula is C14H28N2O. The minimum absolute atomic E-state index is 0.579. The van der Waals surface area contributed by atoms with E-state index in [9.17, 15) is 0 Å². The van der Waals surface area contributed by atoms with Gasteiger partial charge in [-0.25, -0.2) is 0 Å². The van der Waals surface area contributed by atoms with Crippen molar-refractivity contribution in [1.29, 1.82) is 0 Å². The fourth-order valence-corrected chi connectivity index (χ4v) is 2.84. The van der Waals surface area contributed by atoms with E-state index < -0.39 is 0 Å². The van der Waals surface area contributed by atoms with Crippen molar-refractivity contribution in [1.82, 2.24) is 10.2 Å². The lowest BCUT2D eigenvalue weighted by molar-refractivity contribution is 0.0582. The Hall–Kier alpha value is -0.120. The summed E-state index contributed by atoms with van der Waals surface area (Å²) in [6.07, 6.45) is 6.85. The molecule has 0 radical (unpaired) electrons. The Bertz CT molecular complexity index is 218. The Labute approximate surface area is 106 Å². The van der Waals surface area contributed by atoms with E-state index in [1.54, 1.807) is 0 Å². The molecule has 0 spiro atoms. The van der Waals surface area contributed by atoms with Crippen molar-refractivity contribution >= 4 is 0 Å². The fraction of sp³-hybridized carbons (Fsp3) is 1.00. The number of nitrogens with one attached hydrogen (secondary N) is 1. The molecule has 0 bridgehead atoms. The third-order valence-corrected chi connectivity index (χ3v) is 4.22. The second-order valence-corrected chi connectivity index (χ2v) is 5.70. The first-order valence-electron chi connectivity index (χ1n) is 7.29. The van der Waals surface area contributed by atoms with E-state index in [-0.39, 0.29) is 0 Å². The van der Waals surface area contributed by atoms with Crippen LogP contribution in [0.2, 0.25) is 0 Å². The van der Waals surface area contributed by atoms with Crippen LogP contribution in [0.4, 0.5) is 0 Å². The van der Waals surface area contributed by atoms with Crippen LogP contribution >= 0.6 is 0 Å². The van der Waals surface area contributed by atoms with Gasteiger partial charge < -0.3 is 10.1 Å². The summed E-state index contributed by atoms with van der Waals surface area (Å²) in [5.41, 5.74) is 0. The van der Waals surface area contributed by atoms with Crippen molar-refractivity contribution in [3.8, 4) is 0 Å². The first kappa shape index (κ1) is 13.3. The maximum absolute atomic E-state index is 5.40. The van der Waals surface area contributed by atoms with Crippen molar-refractivity contribution in [2.45, 2.75) is 51.1 Å². The molecule has 2 fully saturated rings. The third-order valence-electron chi connectivity index (χ3n) is 4.22. The number of hydrogen-bond acceptors (Lipinski definition) is 3. The molecular weight excluding hydrogens is 212 g/mol. The van der Waals surface area contributed by atoms with E-state index in [1.165, 1.54) is 45.2 Å². The van der Waals surface area contributed by atoms with Gasteiger partial charge in [-0.05, 0) is 38.1 Å². The first-order valence-corrected chi connectivity index (χ1v) is 7.29. The Morgan fingerprint density at radius 3 is 2.82 bits per heavy atom. The van der Waals surface area contributed by atoms with Crippen molar-refractivity contribution < 1.29 is 4.74 Å². The molecule has 3 nitrogen and oxygen atoms in total. The van der Waals surface area contributed by atoms with Crippen LogP contribution in [0.1, 0.15) is 39.0 Å². The summed E-state index contributed by atoms with van der Waals surface area (Å²) >= 11 is 0. The Morgan fingerprint density at radius 1 is 1.35 bits per heavy atom. The zero-order valence-electron chi connectivity index (χ0n) is 11.5. The number of ether oxygens (including phenoxy) is 1. The van der Waals surface area contributed by atoms with Gasteiger partial charge in [0.25, 0.3) is 0 Å². The average molecular weight is 240 g/mol. The average Bonchev–Trinajstić information content (AvgIpc) is 3.18. The van der Waals surface area contributed by atoms with Gasteiger partial charge in [-0.15, -0.1) is 0 Å². The number of piperidine rings is 1. The van der Waals surface area contributed by atoms with E-state index in [1.807, 2.05) is 7.11 Å². The van der Waals surface area contributed by atoms with Crippen LogP contribution in [-0.4, -0.2) is 50.3 Å². The van der Waals surface area contributed by atoms with Crippen LogP contribution in [0.25, 0.3) is 0 Å². The normalized spacial score (nSPS) is 28.2. The number of hydrogen-bond donors (Lipinski definition) is 1. The van der Waals surface area contributed by atoms with E-state index >= 15 is 0 Å². The lowest BCUT2D eigenvalue weighted by atomic mass is 9.94. The zero-order valence-corrected chi connectivity index (χ0v) is 11.5. The van der Waals surface area contributed by atoms with Crippen LogP contribution in [0, 0.1) is 5.92 Å². The van der Waals surface area contributed by atoms with Crippen LogP contribution in [-0.2, 0) is 4.74 Å². The first-order chi connectivity index (χ1) is 8.33. The molecule has 100 valence electrons. The SMILES string of the molecule is CCC1CCCN(C(CNC2CC2)COC)C1.